The van der Waals surface area contributed by atoms with Crippen LogP contribution in [0.1, 0.15) is 27.7 Å². The summed E-state index contributed by atoms with van der Waals surface area (Å²) >= 11 is 0. The van der Waals surface area contributed by atoms with E-state index in [-0.39, 0.29) is 10.9 Å². The molecule has 24 heavy (non-hydrogen) atoms. The Hall–Kier alpha value is -2.08. The molecule has 1 atom stereocenters. The van der Waals surface area contributed by atoms with Crippen LogP contribution in [0.2, 0.25) is 0 Å². The van der Waals surface area contributed by atoms with Gasteiger partial charge in [0.1, 0.15) is 10.7 Å². The van der Waals surface area contributed by atoms with Gasteiger partial charge in [-0.05, 0) is 44.0 Å². The van der Waals surface area contributed by atoms with Gasteiger partial charge in [0.15, 0.2) is 0 Å². The third-order valence-corrected chi connectivity index (χ3v) is 5.92. The van der Waals surface area contributed by atoms with Gasteiger partial charge in [-0.15, -0.1) is 0 Å². The first-order valence-electron chi connectivity index (χ1n) is 8.16. The number of benzene rings is 1. The average Bonchev–Trinajstić information content (AvgIpc) is 2.56. The van der Waals surface area contributed by atoms with Crippen LogP contribution in [0.15, 0.2) is 53.6 Å². The molecule has 5 nitrogen and oxygen atoms in total. The van der Waals surface area contributed by atoms with Crippen LogP contribution in [0, 0.1) is 5.92 Å². The van der Waals surface area contributed by atoms with E-state index in [0.717, 1.165) is 0 Å². The van der Waals surface area contributed by atoms with Gasteiger partial charge in [-0.2, -0.15) is 0 Å². The van der Waals surface area contributed by atoms with E-state index in [1.807, 2.05) is 25.1 Å². The Balaban J connectivity index is 2.26. The molecule has 0 aliphatic heterocycles. The van der Waals surface area contributed by atoms with E-state index in [1.165, 1.54) is 10.5 Å². The Morgan fingerprint density at radius 3 is 2.25 bits per heavy atom. The van der Waals surface area contributed by atoms with E-state index in [0.29, 0.717) is 24.0 Å². The van der Waals surface area contributed by atoms with Crippen molar-refractivity contribution in [1.82, 2.24) is 4.98 Å². The highest BCUT2D eigenvalue weighted by Gasteiger charge is 2.23. The van der Waals surface area contributed by atoms with Crippen molar-refractivity contribution in [2.24, 2.45) is 5.92 Å². The molecule has 0 amide bonds. The highest BCUT2D eigenvalue weighted by Crippen LogP contribution is 2.23. The second-order valence-electron chi connectivity index (χ2n) is 6.06. The van der Waals surface area contributed by atoms with Crippen LogP contribution in [0.25, 0.3) is 0 Å². The molecule has 0 aliphatic carbocycles. The van der Waals surface area contributed by atoms with Crippen molar-refractivity contribution in [1.29, 1.82) is 0 Å². The molecule has 0 radical (unpaired) electrons. The molecule has 1 aromatic carbocycles. The van der Waals surface area contributed by atoms with E-state index in [4.69, 9.17) is 0 Å². The van der Waals surface area contributed by atoms with Gasteiger partial charge < -0.3 is 5.32 Å². The Labute approximate surface area is 144 Å². The van der Waals surface area contributed by atoms with Gasteiger partial charge in [0, 0.05) is 18.8 Å². The normalized spacial score (nSPS) is 12.9. The maximum atomic E-state index is 12.9. The number of sulfonamides is 1. The van der Waals surface area contributed by atoms with Crippen molar-refractivity contribution in [2.75, 3.05) is 16.2 Å². The molecule has 1 heterocycles. The smallest absolute Gasteiger partial charge is 0.265 e. The molecule has 2 aromatic rings. The summed E-state index contributed by atoms with van der Waals surface area (Å²) in [5, 5.41) is 3.28. The van der Waals surface area contributed by atoms with Crippen LogP contribution >= 0.6 is 0 Å². The number of nitrogens with one attached hydrogen (secondary N) is 1. The lowest BCUT2D eigenvalue weighted by molar-refractivity contribution is 0.558. The van der Waals surface area contributed by atoms with Crippen LogP contribution in [0.4, 0.5) is 11.5 Å². The fourth-order valence-corrected chi connectivity index (χ4v) is 3.65. The molecular formula is C18H25N3O2S. The third kappa shape index (κ3) is 4.06. The molecule has 1 N–H and O–H groups in total. The van der Waals surface area contributed by atoms with E-state index < -0.39 is 10.0 Å². The molecule has 0 fully saturated rings. The number of aromatic nitrogens is 1. The maximum Gasteiger partial charge on any atom is 0.265 e. The molecular weight excluding hydrogens is 322 g/mol. The average molecular weight is 347 g/mol. The van der Waals surface area contributed by atoms with Crippen LogP contribution < -0.4 is 9.62 Å². The highest BCUT2D eigenvalue weighted by atomic mass is 32.2. The van der Waals surface area contributed by atoms with E-state index in [9.17, 15) is 8.42 Å². The van der Waals surface area contributed by atoms with E-state index in [2.05, 4.69) is 31.1 Å². The van der Waals surface area contributed by atoms with Crippen molar-refractivity contribution < 1.29 is 8.42 Å². The van der Waals surface area contributed by atoms with Crippen molar-refractivity contribution in [3.63, 3.8) is 0 Å². The second-order valence-corrected chi connectivity index (χ2v) is 7.92. The molecule has 1 unspecified atom stereocenters. The Kier molecular flexibility index (Phi) is 5.83. The molecule has 1 aromatic heterocycles. The van der Waals surface area contributed by atoms with Crippen molar-refractivity contribution in [2.45, 2.75) is 38.6 Å². The monoisotopic (exact) mass is 347 g/mol. The molecule has 130 valence electrons. The molecule has 0 saturated carbocycles. The van der Waals surface area contributed by atoms with Gasteiger partial charge in [0.2, 0.25) is 0 Å². The quantitative estimate of drug-likeness (QED) is 0.828. The predicted octanol–water partition coefficient (Wildman–Crippen LogP) is 3.75. The SMILES string of the molecule is CCN(c1ccccc1)S(=O)(=O)c1ccc(NC(C)C(C)C)nc1. The summed E-state index contributed by atoms with van der Waals surface area (Å²) in [6, 6.07) is 12.7. The fourth-order valence-electron chi connectivity index (χ4n) is 2.23. The van der Waals surface area contributed by atoms with Gasteiger partial charge in [-0.3, -0.25) is 4.31 Å². The zero-order valence-electron chi connectivity index (χ0n) is 14.6. The first kappa shape index (κ1) is 18.3. The Morgan fingerprint density at radius 2 is 1.75 bits per heavy atom. The molecule has 0 aliphatic rings. The lowest BCUT2D eigenvalue weighted by Gasteiger charge is -2.23. The number of nitrogens with zero attached hydrogens (tertiary/aromatic N) is 2. The maximum absolute atomic E-state index is 12.9. The van der Waals surface area contributed by atoms with Crippen LogP contribution in [0.3, 0.4) is 0 Å². The van der Waals surface area contributed by atoms with Gasteiger partial charge in [0.25, 0.3) is 10.0 Å². The second kappa shape index (κ2) is 7.66. The van der Waals surface area contributed by atoms with Gasteiger partial charge in [0.05, 0.1) is 5.69 Å². The zero-order valence-corrected chi connectivity index (χ0v) is 15.4. The van der Waals surface area contributed by atoms with Crippen molar-refractivity contribution >= 4 is 21.5 Å². The number of pyridine rings is 1. The summed E-state index contributed by atoms with van der Waals surface area (Å²) in [6.07, 6.45) is 1.41. The van der Waals surface area contributed by atoms with Crippen LogP contribution in [-0.4, -0.2) is 26.0 Å². The van der Waals surface area contributed by atoms with Gasteiger partial charge >= 0.3 is 0 Å². The number of anilines is 2. The van der Waals surface area contributed by atoms with E-state index in [1.54, 1.807) is 24.3 Å². The number of hydrogen-bond acceptors (Lipinski definition) is 4. The van der Waals surface area contributed by atoms with Crippen LogP contribution in [0.5, 0.6) is 0 Å². The summed E-state index contributed by atoms with van der Waals surface area (Å²) in [4.78, 5) is 4.45. The number of hydrogen-bond donors (Lipinski definition) is 1. The molecule has 2 rings (SSSR count). The standard InChI is InChI=1S/C18H25N3O2S/c1-5-21(16-9-7-6-8-10-16)24(22,23)17-11-12-18(19-13-17)20-15(4)14(2)3/h6-15H,5H2,1-4H3,(H,19,20). The molecule has 6 heteroatoms. The van der Waals surface area contributed by atoms with Crippen LogP contribution in [-0.2, 0) is 10.0 Å². The summed E-state index contributed by atoms with van der Waals surface area (Å²) in [5.41, 5.74) is 0.649. The summed E-state index contributed by atoms with van der Waals surface area (Å²) in [7, 11) is -3.62. The zero-order chi connectivity index (χ0) is 17.7. The predicted molar refractivity (Wildman–Crippen MR) is 98.8 cm³/mol. The van der Waals surface area contributed by atoms with Gasteiger partial charge in [-0.25, -0.2) is 13.4 Å². The molecule has 0 spiro atoms. The summed E-state index contributed by atoms with van der Waals surface area (Å²) < 4.78 is 27.1. The highest BCUT2D eigenvalue weighted by molar-refractivity contribution is 7.92. The summed E-state index contributed by atoms with van der Waals surface area (Å²) in [5.74, 6) is 1.14. The largest absolute Gasteiger partial charge is 0.367 e. The number of para-hydroxylation sites is 1. The lowest BCUT2D eigenvalue weighted by atomic mass is 10.1. The Morgan fingerprint density at radius 1 is 1.08 bits per heavy atom. The summed E-state index contributed by atoms with van der Waals surface area (Å²) in [6.45, 7) is 8.49. The molecule has 0 saturated heterocycles. The van der Waals surface area contributed by atoms with Gasteiger partial charge in [-0.1, -0.05) is 32.0 Å². The fraction of sp³-hybridized carbons (Fsp3) is 0.389. The number of rotatable bonds is 7. The minimum absolute atomic E-state index is 0.191. The van der Waals surface area contributed by atoms with Crippen molar-refractivity contribution in [3.8, 4) is 0 Å². The molecule has 0 bridgehead atoms. The minimum Gasteiger partial charge on any atom is -0.367 e. The first-order chi connectivity index (χ1) is 11.4. The minimum atomic E-state index is -3.62. The first-order valence-corrected chi connectivity index (χ1v) is 9.60. The Bertz CT molecular complexity index is 744. The topological polar surface area (TPSA) is 62.3 Å². The third-order valence-electron chi connectivity index (χ3n) is 4.03. The van der Waals surface area contributed by atoms with Crippen molar-refractivity contribution in [3.05, 3.63) is 48.7 Å². The lowest BCUT2D eigenvalue weighted by Crippen LogP contribution is -2.30. The van der Waals surface area contributed by atoms with E-state index >= 15 is 0 Å².